The highest BCUT2D eigenvalue weighted by Gasteiger charge is 2.19. The predicted molar refractivity (Wildman–Crippen MR) is 104 cm³/mol. The minimum atomic E-state index is -0.184. The van der Waals surface area contributed by atoms with E-state index in [2.05, 4.69) is 0 Å². The van der Waals surface area contributed by atoms with Crippen LogP contribution in [0.3, 0.4) is 0 Å². The lowest BCUT2D eigenvalue weighted by Gasteiger charge is -2.25. The van der Waals surface area contributed by atoms with E-state index in [9.17, 15) is 4.79 Å². The second kappa shape index (κ2) is 9.92. The molecule has 2 aromatic rings. The van der Waals surface area contributed by atoms with E-state index in [1.54, 1.807) is 18.1 Å². The van der Waals surface area contributed by atoms with E-state index < -0.39 is 0 Å². The molecule has 0 radical (unpaired) electrons. The average Bonchev–Trinajstić information content (AvgIpc) is 2.72. The Balaban J connectivity index is 0.00000117. The molecule has 0 aromatic heterocycles. The maximum atomic E-state index is 12.3. The number of alkyl halides is 1. The molecule has 0 fully saturated rings. The molecule has 2 aromatic carbocycles. The van der Waals surface area contributed by atoms with Gasteiger partial charge in [-0.15, -0.1) is 11.6 Å². The lowest BCUT2D eigenvalue weighted by molar-refractivity contribution is -0.116. The first kappa shape index (κ1) is 19.9. The monoisotopic (exact) mass is 377 g/mol. The van der Waals surface area contributed by atoms with Crippen molar-refractivity contribution < 1.29 is 19.0 Å². The van der Waals surface area contributed by atoms with Gasteiger partial charge in [-0.25, -0.2) is 0 Å². The zero-order valence-corrected chi connectivity index (χ0v) is 16.1. The van der Waals surface area contributed by atoms with Crippen molar-refractivity contribution in [1.29, 1.82) is 0 Å². The van der Waals surface area contributed by atoms with Crippen LogP contribution in [-0.2, 0) is 11.3 Å². The van der Waals surface area contributed by atoms with Crippen LogP contribution in [0.15, 0.2) is 42.5 Å². The van der Waals surface area contributed by atoms with Gasteiger partial charge in [-0.05, 0) is 29.8 Å². The van der Waals surface area contributed by atoms with Gasteiger partial charge in [0.25, 0.3) is 0 Å². The summed E-state index contributed by atoms with van der Waals surface area (Å²) < 4.78 is 16.4. The molecule has 3 rings (SSSR count). The first-order chi connectivity index (χ1) is 12.7. The number of amides is 1. The highest BCUT2D eigenvalue weighted by Crippen LogP contribution is 2.34. The van der Waals surface area contributed by atoms with Crippen LogP contribution < -0.4 is 19.1 Å². The number of rotatable bonds is 5. The second-order valence-corrected chi connectivity index (χ2v) is 5.56. The molecule has 1 amide bonds. The number of fused-ring (bicyclic) bond motifs is 1. The van der Waals surface area contributed by atoms with Crippen LogP contribution >= 0.6 is 11.6 Å². The van der Waals surface area contributed by atoms with E-state index in [4.69, 9.17) is 25.8 Å². The normalized spacial score (nSPS) is 11.8. The number of halogens is 1. The summed E-state index contributed by atoms with van der Waals surface area (Å²) in [6, 6.07) is 13.0. The number of carbonyl (C=O) groups excluding carboxylic acids is 1. The third kappa shape index (κ3) is 4.82. The van der Waals surface area contributed by atoms with Gasteiger partial charge in [-0.1, -0.05) is 26.0 Å². The number of methoxy groups -OCH3 is 1. The Kier molecular flexibility index (Phi) is 7.60. The Morgan fingerprint density at radius 2 is 1.85 bits per heavy atom. The van der Waals surface area contributed by atoms with Gasteiger partial charge in [0, 0.05) is 11.8 Å². The number of hydrogen-bond donors (Lipinski definition) is 0. The highest BCUT2D eigenvalue weighted by atomic mass is 35.5. The Hall–Kier alpha value is -2.40. The van der Waals surface area contributed by atoms with E-state index in [1.165, 1.54) is 0 Å². The van der Waals surface area contributed by atoms with Gasteiger partial charge >= 0.3 is 0 Å². The fraction of sp³-hybridized carbons (Fsp3) is 0.350. The number of ether oxygens (including phenoxy) is 3. The summed E-state index contributed by atoms with van der Waals surface area (Å²) >= 11 is 5.79. The first-order valence-electron chi connectivity index (χ1n) is 8.60. The standard InChI is InChI=1S/C18H18ClNO4.C2H6/c1-22-15-4-2-3-13(9-15)12-20(18(21)11-19)14-5-6-16-17(10-14)24-8-7-23-16;1-2/h2-6,9-10H,7-8,11-12H2,1H3;1-2H3. The molecule has 140 valence electrons. The molecule has 0 unspecified atom stereocenters. The fourth-order valence-electron chi connectivity index (χ4n) is 2.55. The smallest absolute Gasteiger partial charge is 0.242 e. The van der Waals surface area contributed by atoms with Crippen molar-refractivity contribution >= 4 is 23.2 Å². The lowest BCUT2D eigenvalue weighted by Crippen LogP contribution is -2.31. The van der Waals surface area contributed by atoms with E-state index >= 15 is 0 Å². The van der Waals surface area contributed by atoms with Gasteiger partial charge in [0.1, 0.15) is 24.8 Å². The van der Waals surface area contributed by atoms with E-state index in [0.29, 0.717) is 36.9 Å². The Morgan fingerprint density at radius 3 is 2.54 bits per heavy atom. The maximum absolute atomic E-state index is 12.3. The quantitative estimate of drug-likeness (QED) is 0.730. The third-order valence-corrected chi connectivity index (χ3v) is 3.96. The maximum Gasteiger partial charge on any atom is 0.242 e. The summed E-state index contributed by atoms with van der Waals surface area (Å²) in [5.74, 6) is 1.78. The number of carbonyl (C=O) groups is 1. The largest absolute Gasteiger partial charge is 0.497 e. The summed E-state index contributed by atoms with van der Waals surface area (Å²) in [5.41, 5.74) is 1.66. The summed E-state index contributed by atoms with van der Waals surface area (Å²) in [6.45, 7) is 5.42. The molecule has 6 heteroatoms. The average molecular weight is 378 g/mol. The fourth-order valence-corrected chi connectivity index (χ4v) is 2.69. The molecule has 0 aliphatic carbocycles. The van der Waals surface area contributed by atoms with Crippen molar-refractivity contribution in [2.45, 2.75) is 20.4 Å². The zero-order valence-electron chi connectivity index (χ0n) is 15.3. The number of nitrogens with zero attached hydrogens (tertiary/aromatic N) is 1. The topological polar surface area (TPSA) is 48.0 Å². The molecule has 0 atom stereocenters. The number of hydrogen-bond acceptors (Lipinski definition) is 4. The predicted octanol–water partition coefficient (Wildman–Crippen LogP) is 4.26. The van der Waals surface area contributed by atoms with E-state index in [0.717, 1.165) is 11.3 Å². The molecule has 0 saturated heterocycles. The number of benzene rings is 2. The minimum Gasteiger partial charge on any atom is -0.497 e. The summed E-state index contributed by atoms with van der Waals surface area (Å²) in [7, 11) is 1.61. The van der Waals surface area contributed by atoms with Crippen LogP contribution in [0.1, 0.15) is 19.4 Å². The zero-order chi connectivity index (χ0) is 18.9. The molecule has 26 heavy (non-hydrogen) atoms. The van der Waals surface area contributed by atoms with E-state index in [1.807, 2.05) is 50.2 Å². The Bertz CT molecular complexity index is 736. The van der Waals surface area contributed by atoms with Crippen molar-refractivity contribution in [3.05, 3.63) is 48.0 Å². The van der Waals surface area contributed by atoms with Crippen molar-refractivity contribution in [2.24, 2.45) is 0 Å². The molecule has 0 N–H and O–H groups in total. The van der Waals surface area contributed by atoms with Crippen molar-refractivity contribution in [3.63, 3.8) is 0 Å². The van der Waals surface area contributed by atoms with Crippen LogP contribution in [-0.4, -0.2) is 32.1 Å². The van der Waals surface area contributed by atoms with Gasteiger partial charge in [0.2, 0.25) is 5.91 Å². The van der Waals surface area contributed by atoms with Crippen molar-refractivity contribution in [3.8, 4) is 17.2 Å². The van der Waals surface area contributed by atoms with E-state index in [-0.39, 0.29) is 11.8 Å². The van der Waals surface area contributed by atoms with Gasteiger partial charge < -0.3 is 19.1 Å². The molecule has 1 aliphatic rings. The second-order valence-electron chi connectivity index (χ2n) is 5.29. The van der Waals surface area contributed by atoms with Crippen molar-refractivity contribution in [2.75, 3.05) is 31.1 Å². The molecular formula is C20H24ClNO4. The number of anilines is 1. The summed E-state index contributed by atoms with van der Waals surface area (Å²) in [4.78, 5) is 14.0. The minimum absolute atomic E-state index is 0.0988. The lowest BCUT2D eigenvalue weighted by atomic mass is 10.1. The first-order valence-corrected chi connectivity index (χ1v) is 9.13. The molecule has 5 nitrogen and oxygen atoms in total. The SMILES string of the molecule is CC.COc1cccc(CN(C(=O)CCl)c2ccc3c(c2)OCCO3)c1. The van der Waals surface area contributed by atoms with Gasteiger partial charge in [0.05, 0.1) is 13.7 Å². The molecule has 0 bridgehead atoms. The summed E-state index contributed by atoms with van der Waals surface area (Å²) in [5, 5.41) is 0. The Morgan fingerprint density at radius 1 is 1.12 bits per heavy atom. The van der Waals surface area contributed by atoms with Gasteiger partial charge in [-0.3, -0.25) is 4.79 Å². The molecule has 1 aliphatic heterocycles. The van der Waals surface area contributed by atoms with Crippen LogP contribution in [0, 0.1) is 0 Å². The van der Waals surface area contributed by atoms with Crippen molar-refractivity contribution in [1.82, 2.24) is 0 Å². The van der Waals surface area contributed by atoms with Gasteiger partial charge in [0.15, 0.2) is 11.5 Å². The highest BCUT2D eigenvalue weighted by molar-refractivity contribution is 6.29. The summed E-state index contributed by atoms with van der Waals surface area (Å²) in [6.07, 6.45) is 0. The van der Waals surface area contributed by atoms with Crippen LogP contribution in [0.4, 0.5) is 5.69 Å². The molecule has 0 saturated carbocycles. The van der Waals surface area contributed by atoms with Crippen LogP contribution in [0.2, 0.25) is 0 Å². The third-order valence-electron chi connectivity index (χ3n) is 3.73. The van der Waals surface area contributed by atoms with Crippen LogP contribution in [0.5, 0.6) is 17.2 Å². The molecular weight excluding hydrogens is 354 g/mol. The molecule has 1 heterocycles. The molecule has 0 spiro atoms. The Labute approximate surface area is 159 Å². The van der Waals surface area contributed by atoms with Crippen LogP contribution in [0.25, 0.3) is 0 Å². The van der Waals surface area contributed by atoms with Gasteiger partial charge in [-0.2, -0.15) is 0 Å².